The van der Waals surface area contributed by atoms with Crippen molar-refractivity contribution in [2.24, 2.45) is 5.92 Å². The summed E-state index contributed by atoms with van der Waals surface area (Å²) in [4.78, 5) is 21.0. The maximum atomic E-state index is 12.3. The third kappa shape index (κ3) is 3.15. The summed E-state index contributed by atoms with van der Waals surface area (Å²) in [6, 6.07) is 3.28. The second kappa shape index (κ2) is 5.35. The lowest BCUT2D eigenvalue weighted by atomic mass is 10.3. The number of sulfone groups is 1. The molecule has 0 saturated heterocycles. The number of anilines is 1. The largest absolute Gasteiger partial charge is 0.341 e. The summed E-state index contributed by atoms with van der Waals surface area (Å²) in [6.45, 7) is 0. The van der Waals surface area contributed by atoms with Crippen molar-refractivity contribution < 1.29 is 26.9 Å². The Hall–Kier alpha value is -2.10. The van der Waals surface area contributed by atoms with Gasteiger partial charge in [0, 0.05) is 17.0 Å². The van der Waals surface area contributed by atoms with Crippen LogP contribution in [0.1, 0.15) is 6.42 Å². The summed E-state index contributed by atoms with van der Waals surface area (Å²) in [6.07, 6.45) is 0.149. The standard InChI is InChI=1S/C11H10F2N2O5S/c12-11(13)21(19,20)7-3-1-6(2-4-7)14-10(16)8-5-9(8)15(17)18/h1-4,8-9,11H,5H2,(H,14,16)/t8-,9+/m0/s1. The summed E-state index contributed by atoms with van der Waals surface area (Å²) in [7, 11) is -4.68. The summed E-state index contributed by atoms with van der Waals surface area (Å²) in [5, 5.41) is 12.8. The average Bonchev–Trinajstić information content (AvgIpc) is 3.19. The van der Waals surface area contributed by atoms with E-state index in [0.29, 0.717) is 0 Å². The predicted octanol–water partition coefficient (Wildman–Crippen LogP) is 1.29. The number of amides is 1. The predicted molar refractivity (Wildman–Crippen MR) is 67.2 cm³/mol. The molecule has 21 heavy (non-hydrogen) atoms. The van der Waals surface area contributed by atoms with E-state index in [0.717, 1.165) is 24.3 Å². The van der Waals surface area contributed by atoms with Crippen LogP contribution in [0.3, 0.4) is 0 Å². The summed E-state index contributed by atoms with van der Waals surface area (Å²) in [5.41, 5.74) is 0.183. The second-order valence-corrected chi connectivity index (χ2v) is 6.43. The van der Waals surface area contributed by atoms with Crippen molar-refractivity contribution in [3.05, 3.63) is 34.4 Å². The van der Waals surface area contributed by atoms with Crippen molar-refractivity contribution in [3.63, 3.8) is 0 Å². The first kappa shape index (κ1) is 15.3. The van der Waals surface area contributed by atoms with Gasteiger partial charge in [0.25, 0.3) is 0 Å². The Kier molecular flexibility index (Phi) is 3.90. The minimum atomic E-state index is -4.68. The topological polar surface area (TPSA) is 106 Å². The highest BCUT2D eigenvalue weighted by Crippen LogP contribution is 2.34. The van der Waals surface area contributed by atoms with Gasteiger partial charge in [0.2, 0.25) is 21.8 Å². The Bertz CT molecular complexity index is 674. The molecule has 1 saturated carbocycles. The fourth-order valence-electron chi connectivity index (χ4n) is 1.76. The number of alkyl halides is 2. The number of halogens is 2. The first-order valence-corrected chi connectivity index (χ1v) is 7.34. The lowest BCUT2D eigenvalue weighted by Gasteiger charge is -2.06. The van der Waals surface area contributed by atoms with Crippen molar-refractivity contribution in [1.29, 1.82) is 0 Å². The Morgan fingerprint density at radius 2 is 1.90 bits per heavy atom. The summed E-state index contributed by atoms with van der Waals surface area (Å²) in [5.74, 6) is -4.80. The van der Waals surface area contributed by atoms with Crippen LogP contribution in [0.15, 0.2) is 29.2 Å². The first-order chi connectivity index (χ1) is 9.73. The zero-order valence-corrected chi connectivity index (χ0v) is 11.2. The van der Waals surface area contributed by atoms with E-state index in [1.54, 1.807) is 0 Å². The monoisotopic (exact) mass is 320 g/mol. The van der Waals surface area contributed by atoms with Gasteiger partial charge in [0.15, 0.2) is 0 Å². The normalized spacial score (nSPS) is 21.1. The third-order valence-electron chi connectivity index (χ3n) is 3.05. The molecule has 1 fully saturated rings. The minimum Gasteiger partial charge on any atom is -0.326 e. The van der Waals surface area contributed by atoms with Gasteiger partial charge in [-0.25, -0.2) is 8.42 Å². The van der Waals surface area contributed by atoms with Crippen LogP contribution in [0, 0.1) is 16.0 Å². The van der Waals surface area contributed by atoms with Crippen LogP contribution in [0.5, 0.6) is 0 Å². The van der Waals surface area contributed by atoms with E-state index in [9.17, 15) is 32.1 Å². The molecule has 2 rings (SSSR count). The van der Waals surface area contributed by atoms with Crippen molar-refractivity contribution in [2.75, 3.05) is 5.32 Å². The van der Waals surface area contributed by atoms with E-state index in [2.05, 4.69) is 5.32 Å². The van der Waals surface area contributed by atoms with Gasteiger partial charge in [-0.15, -0.1) is 0 Å². The molecule has 0 aliphatic heterocycles. The molecule has 1 aliphatic rings. The zero-order valence-electron chi connectivity index (χ0n) is 10.4. The number of carbonyl (C=O) groups is 1. The van der Waals surface area contributed by atoms with Gasteiger partial charge < -0.3 is 5.32 Å². The smallest absolute Gasteiger partial charge is 0.326 e. The molecular formula is C11H10F2N2O5S. The van der Waals surface area contributed by atoms with Gasteiger partial charge in [0.1, 0.15) is 5.92 Å². The molecule has 1 aromatic carbocycles. The van der Waals surface area contributed by atoms with Crippen LogP contribution in [0.4, 0.5) is 14.5 Å². The maximum absolute atomic E-state index is 12.3. The second-order valence-electron chi connectivity index (χ2n) is 4.51. The highest BCUT2D eigenvalue weighted by atomic mass is 32.2. The fourth-order valence-corrected chi connectivity index (χ4v) is 2.48. The molecule has 10 heteroatoms. The molecule has 1 N–H and O–H groups in total. The van der Waals surface area contributed by atoms with Gasteiger partial charge >= 0.3 is 5.76 Å². The van der Waals surface area contributed by atoms with E-state index in [-0.39, 0.29) is 12.1 Å². The molecule has 1 amide bonds. The highest BCUT2D eigenvalue weighted by Gasteiger charge is 2.53. The molecule has 0 radical (unpaired) electrons. The van der Waals surface area contributed by atoms with E-state index < -0.39 is 43.3 Å². The molecule has 0 heterocycles. The molecule has 0 bridgehead atoms. The molecule has 1 aromatic rings. The third-order valence-corrected chi connectivity index (χ3v) is 4.45. The number of rotatable bonds is 5. The van der Waals surface area contributed by atoms with Crippen LogP contribution in [0.25, 0.3) is 0 Å². The quantitative estimate of drug-likeness (QED) is 0.650. The minimum absolute atomic E-state index is 0.149. The Morgan fingerprint density at radius 1 is 1.33 bits per heavy atom. The molecule has 2 atom stereocenters. The van der Waals surface area contributed by atoms with E-state index in [1.165, 1.54) is 0 Å². The van der Waals surface area contributed by atoms with E-state index in [4.69, 9.17) is 0 Å². The average molecular weight is 320 g/mol. The summed E-state index contributed by atoms with van der Waals surface area (Å²) < 4.78 is 47.0. The Morgan fingerprint density at radius 3 is 2.33 bits per heavy atom. The number of carbonyl (C=O) groups excluding carboxylic acids is 1. The lowest BCUT2D eigenvalue weighted by Crippen LogP contribution is -2.18. The lowest BCUT2D eigenvalue weighted by molar-refractivity contribution is -0.497. The van der Waals surface area contributed by atoms with E-state index in [1.807, 2.05) is 0 Å². The van der Waals surface area contributed by atoms with E-state index >= 15 is 0 Å². The van der Waals surface area contributed by atoms with Gasteiger partial charge in [0.05, 0.1) is 4.90 Å². The van der Waals surface area contributed by atoms with Crippen LogP contribution in [0.2, 0.25) is 0 Å². The molecule has 0 unspecified atom stereocenters. The summed E-state index contributed by atoms with van der Waals surface area (Å²) >= 11 is 0. The number of nitrogens with one attached hydrogen (secondary N) is 1. The first-order valence-electron chi connectivity index (χ1n) is 5.80. The van der Waals surface area contributed by atoms with Crippen LogP contribution in [-0.2, 0) is 14.6 Å². The van der Waals surface area contributed by atoms with Gasteiger partial charge in [-0.2, -0.15) is 8.78 Å². The maximum Gasteiger partial charge on any atom is 0.341 e. The number of benzene rings is 1. The highest BCUT2D eigenvalue weighted by molar-refractivity contribution is 7.91. The number of hydrogen-bond acceptors (Lipinski definition) is 5. The molecule has 1 aliphatic carbocycles. The van der Waals surface area contributed by atoms with Crippen LogP contribution < -0.4 is 5.32 Å². The van der Waals surface area contributed by atoms with Crippen molar-refractivity contribution in [2.45, 2.75) is 23.1 Å². The number of nitro groups is 1. The number of hydrogen-bond donors (Lipinski definition) is 1. The zero-order chi connectivity index (χ0) is 15.8. The van der Waals surface area contributed by atoms with Crippen molar-refractivity contribution in [1.82, 2.24) is 0 Å². The fraction of sp³-hybridized carbons (Fsp3) is 0.364. The molecule has 0 aromatic heterocycles. The van der Waals surface area contributed by atoms with Gasteiger partial charge in [-0.05, 0) is 24.3 Å². The molecule has 7 nitrogen and oxygen atoms in total. The molecule has 0 spiro atoms. The van der Waals surface area contributed by atoms with Crippen LogP contribution in [-0.4, -0.2) is 31.0 Å². The van der Waals surface area contributed by atoms with Gasteiger partial charge in [-0.1, -0.05) is 0 Å². The van der Waals surface area contributed by atoms with Crippen molar-refractivity contribution >= 4 is 21.4 Å². The SMILES string of the molecule is O=C(Nc1ccc(S(=O)(=O)C(F)F)cc1)[C@H]1C[C@H]1[N+](=O)[O-]. The number of nitrogens with zero attached hydrogens (tertiary/aromatic N) is 1. The Balaban J connectivity index is 2.04. The Labute approximate surface area is 118 Å². The molecular weight excluding hydrogens is 310 g/mol. The van der Waals surface area contributed by atoms with Crippen LogP contribution >= 0.6 is 0 Å². The van der Waals surface area contributed by atoms with Crippen molar-refractivity contribution in [3.8, 4) is 0 Å². The molecule has 114 valence electrons. The van der Waals surface area contributed by atoms with Gasteiger partial charge in [-0.3, -0.25) is 14.9 Å².